The van der Waals surface area contributed by atoms with Gasteiger partial charge in [0.05, 0.1) is 5.56 Å². The Morgan fingerprint density at radius 3 is 2.90 bits per heavy atom. The van der Waals surface area contributed by atoms with E-state index in [9.17, 15) is 9.59 Å². The zero-order valence-corrected chi connectivity index (χ0v) is 10.9. The van der Waals surface area contributed by atoms with Gasteiger partial charge < -0.3 is 11.1 Å². The lowest BCUT2D eigenvalue weighted by atomic mass is 9.86. The normalized spacial score (nSPS) is 17.4. The molecular weight excluding hydrogens is 256 g/mol. The number of nitrogens with one attached hydrogen (secondary N) is 2. The van der Waals surface area contributed by atoms with Crippen molar-refractivity contribution >= 4 is 17.7 Å². The van der Waals surface area contributed by atoms with Crippen molar-refractivity contribution < 1.29 is 4.79 Å². The van der Waals surface area contributed by atoms with Crippen molar-refractivity contribution in [2.24, 2.45) is 0 Å². The maximum Gasteiger partial charge on any atom is 0.258 e. The molecule has 0 saturated carbocycles. The summed E-state index contributed by atoms with van der Waals surface area (Å²) >= 11 is 0. The molecule has 1 aliphatic heterocycles. The van der Waals surface area contributed by atoms with Crippen molar-refractivity contribution in [3.05, 3.63) is 51.3 Å². The number of anilines is 2. The molecule has 0 bridgehead atoms. The second kappa shape index (κ2) is 4.48. The zero-order chi connectivity index (χ0) is 14.3. The fourth-order valence-corrected chi connectivity index (χ4v) is 2.56. The third-order valence-corrected chi connectivity index (χ3v) is 3.41. The van der Waals surface area contributed by atoms with Crippen LogP contribution in [0.15, 0.2) is 29.1 Å². The Labute approximate surface area is 115 Å². The molecule has 0 unspecified atom stereocenters. The van der Waals surface area contributed by atoms with Gasteiger partial charge in [0.25, 0.3) is 5.56 Å². The largest absolute Gasteiger partial charge is 0.369 e. The van der Waals surface area contributed by atoms with Crippen LogP contribution in [-0.4, -0.2) is 15.9 Å². The third kappa shape index (κ3) is 2.05. The highest BCUT2D eigenvalue weighted by atomic mass is 16.2. The van der Waals surface area contributed by atoms with Gasteiger partial charge in [0.15, 0.2) is 0 Å². The van der Waals surface area contributed by atoms with Crippen LogP contribution in [0, 0.1) is 6.92 Å². The quantitative estimate of drug-likeness (QED) is 0.723. The molecule has 6 heteroatoms. The average Bonchev–Trinajstić information content (AvgIpc) is 2.36. The van der Waals surface area contributed by atoms with Crippen LogP contribution in [0.2, 0.25) is 0 Å². The predicted octanol–water partition coefficient (Wildman–Crippen LogP) is 1.13. The standard InChI is InChI=1S/C14H14N4O2/c1-7-3-2-4-8(5-7)9-6-10(19)16-12-11(9)13(20)18-14(15)17-12/h2-5,9H,6H2,1H3,(H4,15,16,17,18,19,20)/t9-/m1/s1. The number of nitrogens with zero attached hydrogens (tertiary/aromatic N) is 1. The summed E-state index contributed by atoms with van der Waals surface area (Å²) in [6, 6.07) is 7.77. The number of rotatable bonds is 1. The average molecular weight is 270 g/mol. The summed E-state index contributed by atoms with van der Waals surface area (Å²) in [5.41, 5.74) is 7.68. The van der Waals surface area contributed by atoms with Gasteiger partial charge in [-0.2, -0.15) is 4.98 Å². The topological polar surface area (TPSA) is 101 Å². The Morgan fingerprint density at radius 1 is 1.35 bits per heavy atom. The Balaban J connectivity index is 2.20. The van der Waals surface area contributed by atoms with Crippen LogP contribution in [0.25, 0.3) is 0 Å². The molecule has 1 aliphatic rings. The molecule has 2 heterocycles. The van der Waals surface area contributed by atoms with Crippen molar-refractivity contribution in [3.8, 4) is 0 Å². The van der Waals surface area contributed by atoms with Gasteiger partial charge in [-0.05, 0) is 12.5 Å². The van der Waals surface area contributed by atoms with E-state index in [1.165, 1.54) is 0 Å². The van der Waals surface area contributed by atoms with Crippen LogP contribution in [0.4, 0.5) is 11.8 Å². The molecule has 2 aromatic rings. The highest BCUT2D eigenvalue weighted by molar-refractivity contribution is 5.94. The SMILES string of the molecule is Cc1cccc([C@H]2CC(=O)Nc3nc(N)[nH]c(=O)c32)c1. The van der Waals surface area contributed by atoms with Crippen molar-refractivity contribution in [2.45, 2.75) is 19.3 Å². The molecule has 0 radical (unpaired) electrons. The Hall–Kier alpha value is -2.63. The van der Waals surface area contributed by atoms with Gasteiger partial charge in [0.2, 0.25) is 11.9 Å². The van der Waals surface area contributed by atoms with Gasteiger partial charge in [-0.15, -0.1) is 0 Å². The summed E-state index contributed by atoms with van der Waals surface area (Å²) in [4.78, 5) is 30.4. The van der Waals surface area contributed by atoms with E-state index in [1.807, 2.05) is 31.2 Å². The lowest BCUT2D eigenvalue weighted by Gasteiger charge is -2.24. The second-order valence-electron chi connectivity index (χ2n) is 4.93. The number of carbonyl (C=O) groups excluding carboxylic acids is 1. The fraction of sp³-hybridized carbons (Fsp3) is 0.214. The summed E-state index contributed by atoms with van der Waals surface area (Å²) < 4.78 is 0. The van der Waals surface area contributed by atoms with Crippen molar-refractivity contribution in [2.75, 3.05) is 11.1 Å². The van der Waals surface area contributed by atoms with Gasteiger partial charge >= 0.3 is 0 Å². The lowest BCUT2D eigenvalue weighted by Crippen LogP contribution is -2.31. The number of benzene rings is 1. The first-order valence-corrected chi connectivity index (χ1v) is 6.30. The van der Waals surface area contributed by atoms with Gasteiger partial charge in [-0.3, -0.25) is 14.6 Å². The zero-order valence-electron chi connectivity index (χ0n) is 10.9. The minimum Gasteiger partial charge on any atom is -0.369 e. The highest BCUT2D eigenvalue weighted by Gasteiger charge is 2.30. The maximum absolute atomic E-state index is 12.1. The smallest absolute Gasteiger partial charge is 0.258 e. The van der Waals surface area contributed by atoms with E-state index in [2.05, 4.69) is 15.3 Å². The summed E-state index contributed by atoms with van der Waals surface area (Å²) in [5.74, 6) is -0.204. The summed E-state index contributed by atoms with van der Waals surface area (Å²) in [6.45, 7) is 1.97. The lowest BCUT2D eigenvalue weighted by molar-refractivity contribution is -0.116. The number of nitrogen functional groups attached to an aromatic ring is 1. The number of aromatic nitrogens is 2. The molecule has 0 saturated heterocycles. The first kappa shape index (κ1) is 12.4. The minimum absolute atomic E-state index is 0.000979. The van der Waals surface area contributed by atoms with Crippen LogP contribution >= 0.6 is 0 Å². The number of hydrogen-bond acceptors (Lipinski definition) is 4. The van der Waals surface area contributed by atoms with Gasteiger partial charge in [-0.1, -0.05) is 29.8 Å². The first-order valence-electron chi connectivity index (χ1n) is 6.30. The van der Waals surface area contributed by atoms with Crippen LogP contribution in [0.1, 0.15) is 29.0 Å². The minimum atomic E-state index is -0.306. The Morgan fingerprint density at radius 2 is 2.15 bits per heavy atom. The Bertz CT molecular complexity index is 751. The molecule has 1 aromatic heterocycles. The molecule has 1 amide bonds. The molecule has 0 fully saturated rings. The van der Waals surface area contributed by atoms with Crippen LogP contribution in [0.3, 0.4) is 0 Å². The third-order valence-electron chi connectivity index (χ3n) is 3.41. The van der Waals surface area contributed by atoms with E-state index in [0.717, 1.165) is 11.1 Å². The number of fused-ring (bicyclic) bond motifs is 1. The van der Waals surface area contributed by atoms with E-state index in [4.69, 9.17) is 5.73 Å². The summed E-state index contributed by atoms with van der Waals surface area (Å²) in [7, 11) is 0. The summed E-state index contributed by atoms with van der Waals surface area (Å²) in [5, 5.41) is 2.61. The fourth-order valence-electron chi connectivity index (χ4n) is 2.56. The molecule has 0 aliphatic carbocycles. The number of H-pyrrole nitrogens is 1. The predicted molar refractivity (Wildman–Crippen MR) is 75.5 cm³/mol. The van der Waals surface area contributed by atoms with Crippen molar-refractivity contribution in [3.63, 3.8) is 0 Å². The molecule has 3 rings (SSSR count). The van der Waals surface area contributed by atoms with E-state index < -0.39 is 0 Å². The summed E-state index contributed by atoms with van der Waals surface area (Å²) in [6.07, 6.45) is 0.227. The number of carbonyl (C=O) groups is 1. The molecule has 6 nitrogen and oxygen atoms in total. The molecule has 0 spiro atoms. The molecule has 1 aromatic carbocycles. The van der Waals surface area contributed by atoms with Gasteiger partial charge in [0, 0.05) is 12.3 Å². The van der Waals surface area contributed by atoms with E-state index >= 15 is 0 Å². The van der Waals surface area contributed by atoms with E-state index in [1.54, 1.807) is 0 Å². The molecule has 102 valence electrons. The van der Waals surface area contributed by atoms with Crippen LogP contribution in [0.5, 0.6) is 0 Å². The van der Waals surface area contributed by atoms with Crippen LogP contribution < -0.4 is 16.6 Å². The monoisotopic (exact) mass is 270 g/mol. The van der Waals surface area contributed by atoms with Crippen molar-refractivity contribution in [1.29, 1.82) is 0 Å². The van der Waals surface area contributed by atoms with E-state index in [0.29, 0.717) is 5.56 Å². The van der Waals surface area contributed by atoms with Gasteiger partial charge in [-0.25, -0.2) is 0 Å². The first-order chi connectivity index (χ1) is 9.54. The van der Waals surface area contributed by atoms with E-state index in [-0.39, 0.29) is 35.6 Å². The number of aromatic amines is 1. The number of hydrogen-bond donors (Lipinski definition) is 3. The van der Waals surface area contributed by atoms with Crippen LogP contribution in [-0.2, 0) is 4.79 Å². The molecule has 1 atom stereocenters. The molecule has 4 N–H and O–H groups in total. The molecule has 20 heavy (non-hydrogen) atoms. The number of nitrogens with two attached hydrogens (primary N) is 1. The maximum atomic E-state index is 12.1. The van der Waals surface area contributed by atoms with Crippen molar-refractivity contribution in [1.82, 2.24) is 9.97 Å². The molecular formula is C14H14N4O2. The number of aryl methyl sites for hydroxylation is 1. The second-order valence-corrected chi connectivity index (χ2v) is 4.93. The highest BCUT2D eigenvalue weighted by Crippen LogP contribution is 2.33. The van der Waals surface area contributed by atoms with Gasteiger partial charge in [0.1, 0.15) is 5.82 Å². The number of amides is 1. The Kier molecular flexibility index (Phi) is 2.78.